The Balaban J connectivity index is 2.05. The lowest BCUT2D eigenvalue weighted by Crippen LogP contribution is -2.13. The Morgan fingerprint density at radius 1 is 1.41 bits per heavy atom. The molecule has 17 heavy (non-hydrogen) atoms. The van der Waals surface area contributed by atoms with Crippen molar-refractivity contribution in [3.05, 3.63) is 41.1 Å². The van der Waals surface area contributed by atoms with Crippen LogP contribution >= 0.6 is 11.6 Å². The number of hydrogen-bond donors (Lipinski definition) is 1. The molecule has 0 aliphatic carbocycles. The van der Waals surface area contributed by atoms with Crippen molar-refractivity contribution in [3.63, 3.8) is 0 Å². The Kier molecular flexibility index (Phi) is 3.54. The van der Waals surface area contributed by atoms with E-state index in [1.807, 2.05) is 16.9 Å². The first-order valence-electron chi connectivity index (χ1n) is 5.61. The van der Waals surface area contributed by atoms with Gasteiger partial charge in [0.15, 0.2) is 5.22 Å². The van der Waals surface area contributed by atoms with Crippen LogP contribution < -0.4 is 5.73 Å². The fourth-order valence-electron chi connectivity index (χ4n) is 1.63. The van der Waals surface area contributed by atoms with Gasteiger partial charge in [-0.05, 0) is 43.6 Å². The van der Waals surface area contributed by atoms with E-state index >= 15 is 0 Å². The summed E-state index contributed by atoms with van der Waals surface area (Å²) < 4.78 is 7.19. The van der Waals surface area contributed by atoms with Crippen molar-refractivity contribution in [2.24, 2.45) is 5.73 Å². The molecule has 1 unspecified atom stereocenters. The third-order valence-electron chi connectivity index (χ3n) is 2.58. The van der Waals surface area contributed by atoms with Crippen LogP contribution in [-0.2, 0) is 6.42 Å². The summed E-state index contributed by atoms with van der Waals surface area (Å²) in [7, 11) is 0. The van der Waals surface area contributed by atoms with E-state index in [-0.39, 0.29) is 6.04 Å². The van der Waals surface area contributed by atoms with Crippen LogP contribution in [-0.4, -0.2) is 9.78 Å². The van der Waals surface area contributed by atoms with Gasteiger partial charge in [0.05, 0.1) is 11.7 Å². The number of nitrogens with two attached hydrogens (primary N) is 1. The van der Waals surface area contributed by atoms with Crippen LogP contribution in [0.25, 0.3) is 0 Å². The minimum Gasteiger partial charge on any atom is -0.448 e. The molecule has 0 fully saturated rings. The molecule has 2 rings (SSSR count). The molecule has 0 bridgehead atoms. The van der Waals surface area contributed by atoms with Gasteiger partial charge in [0.2, 0.25) is 0 Å². The molecule has 2 heterocycles. The molecule has 0 aliphatic rings. The van der Waals surface area contributed by atoms with Gasteiger partial charge >= 0.3 is 0 Å². The van der Waals surface area contributed by atoms with Crippen LogP contribution in [0.2, 0.25) is 5.22 Å². The second-order valence-corrected chi connectivity index (χ2v) is 4.71. The quantitative estimate of drug-likeness (QED) is 0.911. The van der Waals surface area contributed by atoms with Crippen molar-refractivity contribution in [1.82, 2.24) is 9.78 Å². The van der Waals surface area contributed by atoms with E-state index in [9.17, 15) is 0 Å². The van der Waals surface area contributed by atoms with Crippen molar-refractivity contribution in [3.8, 4) is 0 Å². The summed E-state index contributed by atoms with van der Waals surface area (Å²) >= 11 is 5.71. The summed E-state index contributed by atoms with van der Waals surface area (Å²) in [5, 5.41) is 4.81. The van der Waals surface area contributed by atoms with Crippen molar-refractivity contribution in [2.75, 3.05) is 0 Å². The van der Waals surface area contributed by atoms with E-state index in [0.29, 0.717) is 23.4 Å². The maximum absolute atomic E-state index is 6.02. The summed E-state index contributed by atoms with van der Waals surface area (Å²) in [5.74, 6) is 0.689. The van der Waals surface area contributed by atoms with Gasteiger partial charge in [0.25, 0.3) is 0 Å². The summed E-state index contributed by atoms with van der Waals surface area (Å²) in [6, 6.07) is 5.62. The van der Waals surface area contributed by atoms with Gasteiger partial charge in [0, 0.05) is 18.7 Å². The molecule has 2 aromatic heterocycles. The first-order valence-corrected chi connectivity index (χ1v) is 5.99. The molecule has 0 amide bonds. The topological polar surface area (TPSA) is 57.0 Å². The fraction of sp³-hybridized carbons (Fsp3) is 0.417. The van der Waals surface area contributed by atoms with E-state index in [1.54, 1.807) is 12.1 Å². The number of furan rings is 1. The fourth-order valence-corrected chi connectivity index (χ4v) is 1.78. The van der Waals surface area contributed by atoms with Gasteiger partial charge in [-0.3, -0.25) is 4.68 Å². The summed E-state index contributed by atoms with van der Waals surface area (Å²) in [6.07, 6.45) is 2.60. The number of rotatable bonds is 4. The van der Waals surface area contributed by atoms with E-state index in [0.717, 1.165) is 5.69 Å². The molecule has 0 aromatic carbocycles. The number of halogens is 1. The lowest BCUT2D eigenvalue weighted by molar-refractivity contribution is 0.460. The highest BCUT2D eigenvalue weighted by molar-refractivity contribution is 6.28. The molecular formula is C12H16ClN3O. The van der Waals surface area contributed by atoms with E-state index in [4.69, 9.17) is 21.8 Å². The van der Waals surface area contributed by atoms with Gasteiger partial charge in [-0.15, -0.1) is 0 Å². The zero-order valence-corrected chi connectivity index (χ0v) is 10.7. The standard InChI is InChI=1S/C12H16ClN3O/c1-8(2)16-6-5-9(15-16)7-10(14)11-3-4-12(13)17-11/h3-6,8,10H,7,14H2,1-2H3. The van der Waals surface area contributed by atoms with Crippen molar-refractivity contribution >= 4 is 11.6 Å². The molecule has 0 aliphatic heterocycles. The van der Waals surface area contributed by atoms with Gasteiger partial charge in [-0.1, -0.05) is 0 Å². The lowest BCUT2D eigenvalue weighted by atomic mass is 10.1. The average molecular weight is 254 g/mol. The Hall–Kier alpha value is -1.26. The Morgan fingerprint density at radius 3 is 2.71 bits per heavy atom. The van der Waals surface area contributed by atoms with Gasteiger partial charge in [-0.2, -0.15) is 5.10 Å². The van der Waals surface area contributed by atoms with E-state index in [1.165, 1.54) is 0 Å². The maximum Gasteiger partial charge on any atom is 0.193 e. The summed E-state index contributed by atoms with van der Waals surface area (Å²) in [4.78, 5) is 0. The second-order valence-electron chi connectivity index (χ2n) is 4.33. The highest BCUT2D eigenvalue weighted by Gasteiger charge is 2.13. The Bertz CT molecular complexity index is 489. The molecule has 2 aromatic rings. The molecule has 0 saturated heterocycles. The molecule has 4 nitrogen and oxygen atoms in total. The van der Waals surface area contributed by atoms with Crippen LogP contribution in [0, 0.1) is 0 Å². The first kappa shape index (κ1) is 12.2. The van der Waals surface area contributed by atoms with Crippen LogP contribution in [0.4, 0.5) is 0 Å². The molecule has 0 radical (unpaired) electrons. The van der Waals surface area contributed by atoms with Crippen LogP contribution in [0.1, 0.15) is 37.4 Å². The summed E-state index contributed by atoms with van der Waals surface area (Å²) in [5.41, 5.74) is 6.98. The number of hydrogen-bond acceptors (Lipinski definition) is 3. The Labute approximate surface area is 105 Å². The predicted molar refractivity (Wildman–Crippen MR) is 67.0 cm³/mol. The molecule has 5 heteroatoms. The lowest BCUT2D eigenvalue weighted by Gasteiger charge is -2.07. The predicted octanol–water partition coefficient (Wildman–Crippen LogP) is 2.95. The largest absolute Gasteiger partial charge is 0.448 e. The monoisotopic (exact) mass is 253 g/mol. The van der Waals surface area contributed by atoms with E-state index in [2.05, 4.69) is 18.9 Å². The van der Waals surface area contributed by atoms with E-state index < -0.39 is 0 Å². The molecule has 0 spiro atoms. The minimum absolute atomic E-state index is 0.210. The highest BCUT2D eigenvalue weighted by Crippen LogP contribution is 2.21. The van der Waals surface area contributed by atoms with Crippen LogP contribution in [0.15, 0.2) is 28.8 Å². The average Bonchev–Trinajstić information content (AvgIpc) is 2.86. The maximum atomic E-state index is 6.02. The minimum atomic E-state index is -0.210. The zero-order chi connectivity index (χ0) is 12.4. The van der Waals surface area contributed by atoms with Gasteiger partial charge < -0.3 is 10.2 Å². The molecular weight excluding hydrogens is 238 g/mol. The third kappa shape index (κ3) is 2.90. The SMILES string of the molecule is CC(C)n1ccc(CC(N)c2ccc(Cl)o2)n1. The highest BCUT2D eigenvalue weighted by atomic mass is 35.5. The summed E-state index contributed by atoms with van der Waals surface area (Å²) in [6.45, 7) is 4.17. The normalized spacial score (nSPS) is 13.2. The molecule has 2 N–H and O–H groups in total. The number of nitrogens with zero attached hydrogens (tertiary/aromatic N) is 2. The van der Waals surface area contributed by atoms with Crippen molar-refractivity contribution < 1.29 is 4.42 Å². The van der Waals surface area contributed by atoms with Crippen molar-refractivity contribution in [1.29, 1.82) is 0 Å². The molecule has 92 valence electrons. The molecule has 1 atom stereocenters. The smallest absolute Gasteiger partial charge is 0.193 e. The van der Waals surface area contributed by atoms with Crippen LogP contribution in [0.3, 0.4) is 0 Å². The second kappa shape index (κ2) is 4.94. The first-order chi connectivity index (χ1) is 8.06. The van der Waals surface area contributed by atoms with Crippen molar-refractivity contribution in [2.45, 2.75) is 32.4 Å². The molecule has 0 saturated carbocycles. The third-order valence-corrected chi connectivity index (χ3v) is 2.78. The van der Waals surface area contributed by atoms with Crippen LogP contribution in [0.5, 0.6) is 0 Å². The zero-order valence-electron chi connectivity index (χ0n) is 9.93. The van der Waals surface area contributed by atoms with Gasteiger partial charge in [0.1, 0.15) is 5.76 Å². The Morgan fingerprint density at radius 2 is 2.18 bits per heavy atom. The number of aromatic nitrogens is 2. The van der Waals surface area contributed by atoms with Gasteiger partial charge in [-0.25, -0.2) is 0 Å².